The van der Waals surface area contributed by atoms with Gasteiger partial charge in [0.1, 0.15) is 11.3 Å². The maximum Gasteiger partial charge on any atom is 0.229 e. The van der Waals surface area contributed by atoms with Crippen LogP contribution in [-0.4, -0.2) is 25.1 Å². The number of hydrogen-bond acceptors (Lipinski definition) is 4. The fraction of sp³-hybridized carbons (Fsp3) is 0.455. The zero-order valence-corrected chi connectivity index (χ0v) is 17.2. The normalized spacial score (nSPS) is 19.0. The molecule has 6 nitrogen and oxygen atoms in total. The molecule has 28 heavy (non-hydrogen) atoms. The van der Waals surface area contributed by atoms with Crippen molar-refractivity contribution in [2.75, 3.05) is 7.11 Å². The number of furan rings is 1. The van der Waals surface area contributed by atoms with Gasteiger partial charge in [-0.15, -0.1) is 12.8 Å². The third-order valence-electron chi connectivity index (χ3n) is 4.45. The van der Waals surface area contributed by atoms with Crippen LogP contribution >= 0.6 is 0 Å². The largest absolute Gasteiger partial charge is 0.461 e. The second-order valence-corrected chi connectivity index (χ2v) is 6.29. The highest BCUT2D eigenvalue weighted by Gasteiger charge is 2.27. The highest BCUT2D eigenvalue weighted by atomic mass is 16.5. The molecule has 1 aliphatic rings. The van der Waals surface area contributed by atoms with E-state index in [2.05, 4.69) is 23.2 Å². The number of aryl methyl sites for hydroxylation is 1. The van der Waals surface area contributed by atoms with Crippen LogP contribution in [0.15, 0.2) is 33.7 Å². The van der Waals surface area contributed by atoms with Gasteiger partial charge in [0.25, 0.3) is 0 Å². The minimum Gasteiger partial charge on any atom is -0.461 e. The summed E-state index contributed by atoms with van der Waals surface area (Å²) >= 11 is 0. The Balaban J connectivity index is 0.000000921. The van der Waals surface area contributed by atoms with Crippen molar-refractivity contribution in [3.8, 4) is 12.8 Å². The summed E-state index contributed by atoms with van der Waals surface area (Å²) < 4.78 is 10.9. The molecule has 3 N–H and O–H groups in total. The fourth-order valence-electron chi connectivity index (χ4n) is 3.23. The van der Waals surface area contributed by atoms with Crippen LogP contribution in [0.4, 0.5) is 5.69 Å². The molecule has 6 heteroatoms. The van der Waals surface area contributed by atoms with Crippen molar-refractivity contribution in [3.05, 3.63) is 30.0 Å². The molecular weight excluding hydrogens is 354 g/mol. The maximum absolute atomic E-state index is 12.3. The molecule has 1 aliphatic carbocycles. The molecule has 0 saturated heterocycles. The number of carbonyl (C=O) groups excluding carboxylic acids is 1. The van der Waals surface area contributed by atoms with Crippen LogP contribution in [0.2, 0.25) is 0 Å². The van der Waals surface area contributed by atoms with Crippen LogP contribution in [0, 0.1) is 25.7 Å². The Morgan fingerprint density at radius 2 is 2.00 bits per heavy atom. The van der Waals surface area contributed by atoms with Crippen molar-refractivity contribution in [2.45, 2.75) is 52.6 Å². The highest BCUT2D eigenvalue weighted by Crippen LogP contribution is 2.26. The van der Waals surface area contributed by atoms with E-state index < -0.39 is 0 Å². The smallest absolute Gasteiger partial charge is 0.229 e. The number of guanidine groups is 1. The highest BCUT2D eigenvalue weighted by molar-refractivity contribution is 5.98. The van der Waals surface area contributed by atoms with Crippen LogP contribution in [-0.2, 0) is 9.53 Å². The van der Waals surface area contributed by atoms with Gasteiger partial charge in [-0.25, -0.2) is 4.99 Å². The van der Waals surface area contributed by atoms with E-state index in [0.29, 0.717) is 5.69 Å². The summed E-state index contributed by atoms with van der Waals surface area (Å²) in [6.45, 7) is 5.90. The van der Waals surface area contributed by atoms with E-state index >= 15 is 0 Å². The topological polar surface area (TPSA) is 89.8 Å². The first-order chi connectivity index (χ1) is 13.5. The zero-order valence-electron chi connectivity index (χ0n) is 17.2. The van der Waals surface area contributed by atoms with Gasteiger partial charge >= 0.3 is 0 Å². The maximum atomic E-state index is 12.3. The summed E-state index contributed by atoms with van der Waals surface area (Å²) in [5.41, 5.74) is 7.38. The number of nitrogens with zero attached hydrogens (tertiary/aromatic N) is 1. The number of terminal acetylenes is 1. The molecule has 1 saturated carbocycles. The van der Waals surface area contributed by atoms with Crippen LogP contribution in [0.3, 0.4) is 0 Å². The van der Waals surface area contributed by atoms with Gasteiger partial charge in [-0.1, -0.05) is 20.3 Å². The molecule has 2 aromatic rings. The molecule has 1 aromatic carbocycles. The van der Waals surface area contributed by atoms with Crippen molar-refractivity contribution in [1.82, 2.24) is 5.32 Å². The number of ether oxygens (including phenoxy) is 1. The Hall–Kier alpha value is -2.78. The van der Waals surface area contributed by atoms with E-state index in [4.69, 9.17) is 14.9 Å². The number of hydrogen-bond donors (Lipinski definition) is 2. The van der Waals surface area contributed by atoms with Crippen LogP contribution < -0.4 is 11.1 Å². The lowest BCUT2D eigenvalue weighted by atomic mass is 9.86. The molecule has 0 spiro atoms. The summed E-state index contributed by atoms with van der Waals surface area (Å²) in [5, 5.41) is 3.67. The minimum absolute atomic E-state index is 0.0727. The number of aliphatic imine (C=N–C) groups is 1. The van der Waals surface area contributed by atoms with Crippen LogP contribution in [0.25, 0.3) is 11.0 Å². The molecule has 0 bridgehead atoms. The second-order valence-electron chi connectivity index (χ2n) is 6.29. The third kappa shape index (κ3) is 6.43. The molecule has 152 valence electrons. The second kappa shape index (κ2) is 11.8. The predicted molar refractivity (Wildman–Crippen MR) is 114 cm³/mol. The Morgan fingerprint density at radius 1 is 1.29 bits per heavy atom. The lowest BCUT2D eigenvalue weighted by molar-refractivity contribution is -0.126. The van der Waals surface area contributed by atoms with Gasteiger partial charge < -0.3 is 14.9 Å². The van der Waals surface area contributed by atoms with Gasteiger partial charge in [0, 0.05) is 18.4 Å². The van der Waals surface area contributed by atoms with Gasteiger partial charge in [0.05, 0.1) is 11.8 Å². The number of fused-ring (bicyclic) bond motifs is 1. The molecule has 1 fully saturated rings. The molecule has 1 amide bonds. The van der Waals surface area contributed by atoms with E-state index in [1.54, 1.807) is 7.11 Å². The number of benzene rings is 1. The van der Waals surface area contributed by atoms with Crippen molar-refractivity contribution in [2.24, 2.45) is 16.6 Å². The lowest BCUT2D eigenvalue weighted by Gasteiger charge is -2.27. The first kappa shape index (κ1) is 23.3. The lowest BCUT2D eigenvalue weighted by Crippen LogP contribution is -2.42. The predicted octanol–water partition coefficient (Wildman–Crippen LogP) is 4.28. The molecule has 2 unspecified atom stereocenters. The molecule has 2 atom stereocenters. The third-order valence-corrected chi connectivity index (χ3v) is 4.45. The SMILES string of the molecule is C#C.CC.COC1CCCC(C(=O)NC(N)=Nc2ccc3oc(C)cc3c2)C1. The number of methoxy groups -OCH3 is 1. The Bertz CT molecular complexity index is 808. The molecule has 3 rings (SSSR count). The van der Waals surface area contributed by atoms with E-state index in [-0.39, 0.29) is 23.9 Å². The Labute approximate surface area is 167 Å². The van der Waals surface area contributed by atoms with Gasteiger partial charge in [0.2, 0.25) is 11.9 Å². The van der Waals surface area contributed by atoms with Crippen molar-refractivity contribution >= 4 is 28.5 Å². The molecule has 1 aromatic heterocycles. The quantitative estimate of drug-likeness (QED) is 0.469. The van der Waals surface area contributed by atoms with Gasteiger partial charge in [0.15, 0.2) is 0 Å². The van der Waals surface area contributed by atoms with Gasteiger partial charge in [-0.2, -0.15) is 0 Å². The molecule has 1 heterocycles. The van der Waals surface area contributed by atoms with E-state index in [9.17, 15) is 4.79 Å². The van der Waals surface area contributed by atoms with E-state index in [0.717, 1.165) is 42.4 Å². The van der Waals surface area contributed by atoms with E-state index in [1.807, 2.05) is 45.0 Å². The Kier molecular flexibility index (Phi) is 9.83. The number of amides is 1. The first-order valence-electron chi connectivity index (χ1n) is 9.56. The van der Waals surface area contributed by atoms with Crippen molar-refractivity contribution in [1.29, 1.82) is 0 Å². The van der Waals surface area contributed by atoms with Gasteiger partial charge in [-0.05, 0) is 50.5 Å². The average Bonchev–Trinajstić information content (AvgIpc) is 3.10. The summed E-state index contributed by atoms with van der Waals surface area (Å²) in [7, 11) is 1.69. The van der Waals surface area contributed by atoms with Crippen LogP contribution in [0.1, 0.15) is 45.3 Å². The summed E-state index contributed by atoms with van der Waals surface area (Å²) in [5.74, 6) is 0.797. The fourth-order valence-corrected chi connectivity index (χ4v) is 3.23. The number of carbonyl (C=O) groups is 1. The summed E-state index contributed by atoms with van der Waals surface area (Å²) in [6.07, 6.45) is 11.7. The summed E-state index contributed by atoms with van der Waals surface area (Å²) in [6, 6.07) is 7.48. The molecular formula is C22H31N3O3. The van der Waals surface area contributed by atoms with Crippen molar-refractivity contribution in [3.63, 3.8) is 0 Å². The van der Waals surface area contributed by atoms with Crippen LogP contribution in [0.5, 0.6) is 0 Å². The van der Waals surface area contributed by atoms with Gasteiger partial charge in [-0.3, -0.25) is 10.1 Å². The Morgan fingerprint density at radius 3 is 2.68 bits per heavy atom. The number of nitrogens with two attached hydrogens (primary N) is 1. The summed E-state index contributed by atoms with van der Waals surface area (Å²) in [4.78, 5) is 16.6. The van der Waals surface area contributed by atoms with Crippen molar-refractivity contribution < 1.29 is 13.9 Å². The number of nitrogens with one attached hydrogen (secondary N) is 1. The number of rotatable bonds is 3. The molecule has 0 aliphatic heterocycles. The average molecular weight is 386 g/mol. The molecule has 0 radical (unpaired) electrons. The standard InChI is InChI=1S/C18H23N3O3.C2H6.C2H2/c1-11-8-13-9-14(6-7-16(13)24-11)20-18(19)21-17(22)12-4-3-5-15(10-12)23-2;2*1-2/h6-9,12,15H,3-5,10H2,1-2H3,(H3,19,20,21,22);1-2H3;1-2H. The zero-order chi connectivity index (χ0) is 21.1. The van der Waals surface area contributed by atoms with E-state index in [1.165, 1.54) is 0 Å². The minimum atomic E-state index is -0.0850. The first-order valence-corrected chi connectivity index (χ1v) is 9.56. The monoisotopic (exact) mass is 385 g/mol.